The van der Waals surface area contributed by atoms with Crippen molar-refractivity contribution in [2.45, 2.75) is 0 Å². The number of amides is 1. The van der Waals surface area contributed by atoms with Gasteiger partial charge in [-0.05, 0) is 24.3 Å². The van der Waals surface area contributed by atoms with E-state index in [4.69, 9.17) is 0 Å². The van der Waals surface area contributed by atoms with Crippen LogP contribution >= 0.6 is 0 Å². The highest BCUT2D eigenvalue weighted by Crippen LogP contribution is 2.28. The number of benzene rings is 2. The van der Waals surface area contributed by atoms with Crippen LogP contribution in [0, 0.1) is 17.5 Å². The zero-order valence-electron chi connectivity index (χ0n) is 15.0. The number of carbonyl (C=O) groups excluding carboxylic acids is 1. The number of methoxy groups -OCH3 is 1. The Bertz CT molecular complexity index is 1190. The van der Waals surface area contributed by atoms with E-state index < -0.39 is 34.7 Å². The van der Waals surface area contributed by atoms with Crippen molar-refractivity contribution in [1.29, 1.82) is 0 Å². The van der Waals surface area contributed by atoms with E-state index in [0.29, 0.717) is 23.2 Å². The summed E-state index contributed by atoms with van der Waals surface area (Å²) >= 11 is 0. The van der Waals surface area contributed by atoms with Crippen LogP contribution < -0.4 is 10.1 Å². The molecule has 2 heterocycles. The number of fused-ring (bicyclic) bond motifs is 1. The Hall–Kier alpha value is -3.88. The van der Waals surface area contributed by atoms with Gasteiger partial charge in [-0.1, -0.05) is 12.1 Å². The van der Waals surface area contributed by atoms with Gasteiger partial charge in [0.25, 0.3) is 5.91 Å². The molecular weight excluding hydrogens is 385 g/mol. The van der Waals surface area contributed by atoms with Crippen molar-refractivity contribution in [1.82, 2.24) is 14.4 Å². The second-order valence-electron chi connectivity index (χ2n) is 6.05. The molecule has 0 saturated heterocycles. The standard InChI is InChI=1S/C20H13F3N4O2/c1-29-18-16(22)13(9-14(21)17(18)23)19(28)25-12-5-3-11(4-6-12)15-10-27-8-2-7-24-20(27)26-15/h2-10H,1H3,(H,25,28). The van der Waals surface area contributed by atoms with Crippen LogP contribution in [-0.2, 0) is 0 Å². The number of anilines is 1. The molecule has 0 fully saturated rings. The number of nitrogens with zero attached hydrogens (tertiary/aromatic N) is 3. The van der Waals surface area contributed by atoms with Crippen LogP contribution in [0.5, 0.6) is 5.75 Å². The number of carbonyl (C=O) groups is 1. The number of ether oxygens (including phenoxy) is 1. The molecule has 0 aliphatic heterocycles. The molecule has 0 aliphatic carbocycles. The first-order valence-corrected chi connectivity index (χ1v) is 8.41. The van der Waals surface area contributed by atoms with E-state index in [-0.39, 0.29) is 0 Å². The minimum absolute atomic E-state index is 0.337. The van der Waals surface area contributed by atoms with E-state index in [1.165, 1.54) is 0 Å². The predicted molar refractivity (Wildman–Crippen MR) is 99.2 cm³/mol. The maximum atomic E-state index is 14.2. The largest absolute Gasteiger partial charge is 0.491 e. The summed E-state index contributed by atoms with van der Waals surface area (Å²) in [5, 5.41) is 2.44. The maximum Gasteiger partial charge on any atom is 0.258 e. The number of aromatic nitrogens is 3. The summed E-state index contributed by atoms with van der Waals surface area (Å²) in [6.45, 7) is 0. The molecule has 0 unspecified atom stereocenters. The van der Waals surface area contributed by atoms with Crippen molar-refractivity contribution in [3.8, 4) is 17.0 Å². The van der Waals surface area contributed by atoms with Crippen molar-refractivity contribution in [2.24, 2.45) is 0 Å². The second kappa shape index (κ2) is 7.27. The highest BCUT2D eigenvalue weighted by atomic mass is 19.2. The Kier molecular flexibility index (Phi) is 4.63. The summed E-state index contributed by atoms with van der Waals surface area (Å²) in [5.41, 5.74) is 1.12. The van der Waals surface area contributed by atoms with Crippen molar-refractivity contribution in [2.75, 3.05) is 12.4 Å². The van der Waals surface area contributed by atoms with Gasteiger partial charge in [0.1, 0.15) is 0 Å². The van der Waals surface area contributed by atoms with E-state index in [2.05, 4.69) is 20.0 Å². The molecule has 4 aromatic rings. The molecule has 0 bridgehead atoms. The summed E-state index contributed by atoms with van der Waals surface area (Å²) in [5.74, 6) is -5.51. The fourth-order valence-electron chi connectivity index (χ4n) is 2.82. The lowest BCUT2D eigenvalue weighted by Gasteiger charge is -2.10. The molecule has 4 rings (SSSR count). The SMILES string of the molecule is COc1c(F)c(F)cc(C(=O)Nc2ccc(-c3cn4cccnc4n3)cc2)c1F. The molecule has 9 heteroatoms. The average molecular weight is 398 g/mol. The fourth-order valence-corrected chi connectivity index (χ4v) is 2.82. The van der Waals surface area contributed by atoms with Gasteiger partial charge in [-0.2, -0.15) is 4.39 Å². The third-order valence-corrected chi connectivity index (χ3v) is 4.24. The van der Waals surface area contributed by atoms with Crippen LogP contribution in [0.3, 0.4) is 0 Å². The van der Waals surface area contributed by atoms with Gasteiger partial charge < -0.3 is 10.1 Å². The Balaban J connectivity index is 1.57. The van der Waals surface area contributed by atoms with Crippen LogP contribution in [0.4, 0.5) is 18.9 Å². The van der Waals surface area contributed by atoms with Crippen LogP contribution in [0.15, 0.2) is 55.0 Å². The number of hydrogen-bond acceptors (Lipinski definition) is 4. The van der Waals surface area contributed by atoms with Gasteiger partial charge in [-0.25, -0.2) is 18.7 Å². The lowest BCUT2D eigenvalue weighted by atomic mass is 10.1. The minimum Gasteiger partial charge on any atom is -0.491 e. The van der Waals surface area contributed by atoms with Gasteiger partial charge in [-0.15, -0.1) is 0 Å². The fraction of sp³-hybridized carbons (Fsp3) is 0.0500. The number of imidazole rings is 1. The summed E-state index contributed by atoms with van der Waals surface area (Å²) in [6, 6.07) is 8.85. The molecule has 1 amide bonds. The number of rotatable bonds is 4. The predicted octanol–water partition coefficient (Wildman–Crippen LogP) is 4.07. The van der Waals surface area contributed by atoms with Gasteiger partial charge in [0.15, 0.2) is 17.4 Å². The second-order valence-corrected chi connectivity index (χ2v) is 6.05. The molecule has 2 aromatic heterocycles. The molecule has 0 aliphatic rings. The minimum atomic E-state index is -1.49. The lowest BCUT2D eigenvalue weighted by Crippen LogP contribution is -2.15. The van der Waals surface area contributed by atoms with Crippen LogP contribution in [0.2, 0.25) is 0 Å². The van der Waals surface area contributed by atoms with Crippen LogP contribution in [0.25, 0.3) is 17.0 Å². The normalized spacial score (nSPS) is 10.9. The number of hydrogen-bond donors (Lipinski definition) is 1. The van der Waals surface area contributed by atoms with Crippen molar-refractivity contribution in [3.63, 3.8) is 0 Å². The van der Waals surface area contributed by atoms with Gasteiger partial charge in [0.05, 0.1) is 18.4 Å². The summed E-state index contributed by atoms with van der Waals surface area (Å²) in [7, 11) is 0.982. The molecule has 2 aromatic carbocycles. The zero-order chi connectivity index (χ0) is 20.5. The smallest absolute Gasteiger partial charge is 0.258 e. The van der Waals surface area contributed by atoms with Crippen LogP contribution in [0.1, 0.15) is 10.4 Å². The molecule has 0 saturated carbocycles. The molecular formula is C20H13F3N4O2. The number of nitrogens with one attached hydrogen (secondary N) is 1. The Labute approximate surface area is 162 Å². The summed E-state index contributed by atoms with van der Waals surface area (Å²) < 4.78 is 47.7. The third kappa shape index (κ3) is 3.38. The van der Waals surface area contributed by atoms with E-state index in [9.17, 15) is 18.0 Å². The van der Waals surface area contributed by atoms with Crippen molar-refractivity contribution < 1.29 is 22.7 Å². The molecule has 29 heavy (non-hydrogen) atoms. The molecule has 146 valence electrons. The first kappa shape index (κ1) is 18.5. The topological polar surface area (TPSA) is 68.5 Å². The summed E-state index contributed by atoms with van der Waals surface area (Å²) in [6.07, 6.45) is 5.26. The van der Waals surface area contributed by atoms with E-state index in [1.807, 2.05) is 6.20 Å². The molecule has 0 spiro atoms. The molecule has 0 radical (unpaired) electrons. The van der Waals surface area contributed by atoms with E-state index >= 15 is 0 Å². The molecule has 1 N–H and O–H groups in total. The number of halogens is 3. The van der Waals surface area contributed by atoms with Crippen molar-refractivity contribution >= 4 is 17.4 Å². The lowest BCUT2D eigenvalue weighted by molar-refractivity contribution is 0.102. The first-order chi connectivity index (χ1) is 14.0. The molecule has 6 nitrogen and oxygen atoms in total. The Morgan fingerprint density at radius 2 is 1.90 bits per heavy atom. The maximum absolute atomic E-state index is 14.2. The Morgan fingerprint density at radius 1 is 1.14 bits per heavy atom. The van der Waals surface area contributed by atoms with E-state index in [1.54, 1.807) is 47.1 Å². The van der Waals surface area contributed by atoms with Crippen LogP contribution in [-0.4, -0.2) is 27.4 Å². The highest BCUT2D eigenvalue weighted by Gasteiger charge is 2.23. The average Bonchev–Trinajstić information content (AvgIpc) is 3.16. The quantitative estimate of drug-likeness (QED) is 0.526. The molecule has 0 atom stereocenters. The van der Waals surface area contributed by atoms with Gasteiger partial charge >= 0.3 is 0 Å². The third-order valence-electron chi connectivity index (χ3n) is 4.24. The zero-order valence-corrected chi connectivity index (χ0v) is 15.0. The van der Waals surface area contributed by atoms with Gasteiger partial charge in [0, 0.05) is 29.8 Å². The highest BCUT2D eigenvalue weighted by molar-refractivity contribution is 6.04. The van der Waals surface area contributed by atoms with E-state index in [0.717, 1.165) is 12.7 Å². The first-order valence-electron chi connectivity index (χ1n) is 8.41. The van der Waals surface area contributed by atoms with Crippen molar-refractivity contribution in [3.05, 3.63) is 78.0 Å². The van der Waals surface area contributed by atoms with Gasteiger partial charge in [0.2, 0.25) is 11.6 Å². The van der Waals surface area contributed by atoms with Gasteiger partial charge in [-0.3, -0.25) is 9.20 Å². The monoisotopic (exact) mass is 398 g/mol. The summed E-state index contributed by atoms with van der Waals surface area (Å²) in [4.78, 5) is 20.9. The Morgan fingerprint density at radius 3 is 2.59 bits per heavy atom.